The van der Waals surface area contributed by atoms with E-state index in [0.29, 0.717) is 0 Å². The van der Waals surface area contributed by atoms with E-state index in [1.807, 2.05) is 6.92 Å². The Hall–Kier alpha value is -0.570. The summed E-state index contributed by atoms with van der Waals surface area (Å²) < 4.78 is 0. The molecule has 0 saturated carbocycles. The number of carbonyl (C=O) groups is 1. The Morgan fingerprint density at radius 2 is 1.50 bits per heavy atom. The maximum atomic E-state index is 11.5. The van der Waals surface area contributed by atoms with Gasteiger partial charge in [-0.05, 0) is 12.8 Å². The highest BCUT2D eigenvalue weighted by Gasteiger charge is 2.17. The summed E-state index contributed by atoms with van der Waals surface area (Å²) in [4.78, 5) is 20.5. The van der Waals surface area contributed by atoms with Crippen molar-refractivity contribution in [3.05, 3.63) is 0 Å². The highest BCUT2D eigenvalue weighted by molar-refractivity contribution is 5.71. The molecule has 0 bridgehead atoms. The molecule has 0 aromatic carbocycles. The molecule has 0 aromatic rings. The van der Waals surface area contributed by atoms with Gasteiger partial charge in [0.1, 0.15) is 0 Å². The van der Waals surface area contributed by atoms with Gasteiger partial charge < -0.3 is 0 Å². The quantitative estimate of drug-likeness (QED) is 0.290. The van der Waals surface area contributed by atoms with Crippen molar-refractivity contribution in [1.82, 2.24) is 0 Å². The first-order chi connectivity index (χ1) is 8.76. The van der Waals surface area contributed by atoms with Crippen molar-refractivity contribution in [1.29, 1.82) is 0 Å². The zero-order valence-corrected chi connectivity index (χ0v) is 12.4. The molecule has 0 amide bonds. The zero-order chi connectivity index (χ0) is 13.6. The van der Waals surface area contributed by atoms with Crippen molar-refractivity contribution in [3.63, 3.8) is 0 Å². The first-order valence-corrected chi connectivity index (χ1v) is 7.50. The van der Waals surface area contributed by atoms with Gasteiger partial charge in [0, 0.05) is 0 Å². The summed E-state index contributed by atoms with van der Waals surface area (Å²) in [7, 11) is 1.38. The lowest BCUT2D eigenvalue weighted by Crippen LogP contribution is -2.16. The van der Waals surface area contributed by atoms with E-state index in [2.05, 4.69) is 16.7 Å². The van der Waals surface area contributed by atoms with Crippen LogP contribution in [0.3, 0.4) is 0 Å². The largest absolute Gasteiger partial charge is 0.345 e. The van der Waals surface area contributed by atoms with E-state index in [1.54, 1.807) is 0 Å². The molecule has 3 heteroatoms. The van der Waals surface area contributed by atoms with Crippen molar-refractivity contribution in [2.45, 2.75) is 78.1 Å². The monoisotopic (exact) mass is 258 g/mol. The lowest BCUT2D eigenvalue weighted by Gasteiger charge is -2.11. The third-order valence-electron chi connectivity index (χ3n) is 3.40. The Balaban J connectivity index is 3.42. The van der Waals surface area contributed by atoms with Crippen molar-refractivity contribution in [2.24, 2.45) is 5.92 Å². The molecule has 0 aliphatic rings. The summed E-state index contributed by atoms with van der Waals surface area (Å²) in [5.41, 5.74) is 0. The fourth-order valence-corrected chi connectivity index (χ4v) is 2.16. The molecule has 0 saturated heterocycles. The topological polar surface area (TPSA) is 35.5 Å². The molecule has 0 radical (unpaired) electrons. The molecule has 0 spiro atoms. The van der Waals surface area contributed by atoms with Gasteiger partial charge in [0.15, 0.2) is 0 Å². The van der Waals surface area contributed by atoms with E-state index >= 15 is 0 Å². The second-order valence-corrected chi connectivity index (χ2v) is 4.94. The molecule has 1 atom stereocenters. The molecule has 18 heavy (non-hydrogen) atoms. The lowest BCUT2D eigenvalue weighted by atomic mass is 9.98. The summed E-state index contributed by atoms with van der Waals surface area (Å²) >= 11 is 0. The Morgan fingerprint density at radius 1 is 0.944 bits per heavy atom. The first kappa shape index (κ1) is 17.4. The van der Waals surface area contributed by atoms with Crippen LogP contribution in [0.4, 0.5) is 0 Å². The molecule has 108 valence electrons. The van der Waals surface area contributed by atoms with Gasteiger partial charge in [-0.2, -0.15) is 4.89 Å². The minimum atomic E-state index is -0.219. The van der Waals surface area contributed by atoms with E-state index in [9.17, 15) is 4.79 Å². The fraction of sp³-hybridized carbons (Fsp3) is 0.933. The van der Waals surface area contributed by atoms with Gasteiger partial charge in [-0.25, -0.2) is 4.79 Å². The normalized spacial score (nSPS) is 12.4. The van der Waals surface area contributed by atoms with Crippen LogP contribution in [0, 0.1) is 5.92 Å². The smallest absolute Gasteiger partial charge is 0.298 e. The molecule has 3 nitrogen and oxygen atoms in total. The predicted octanol–water partition coefficient (Wildman–Crippen LogP) is 4.65. The minimum absolute atomic E-state index is 0.00467. The molecular formula is C15H30O3. The average Bonchev–Trinajstić information content (AvgIpc) is 2.37. The third kappa shape index (κ3) is 9.46. The summed E-state index contributed by atoms with van der Waals surface area (Å²) in [6, 6.07) is 0. The Morgan fingerprint density at radius 3 is 2.00 bits per heavy atom. The Labute approximate surface area is 112 Å². The van der Waals surface area contributed by atoms with Crippen molar-refractivity contribution in [2.75, 3.05) is 7.11 Å². The van der Waals surface area contributed by atoms with Crippen LogP contribution in [0.1, 0.15) is 78.1 Å². The van der Waals surface area contributed by atoms with E-state index in [4.69, 9.17) is 0 Å². The van der Waals surface area contributed by atoms with Crippen LogP contribution in [0.5, 0.6) is 0 Å². The predicted molar refractivity (Wildman–Crippen MR) is 74.1 cm³/mol. The molecular weight excluding hydrogens is 228 g/mol. The maximum Gasteiger partial charge on any atom is 0.345 e. The molecule has 0 aromatic heterocycles. The van der Waals surface area contributed by atoms with E-state index in [0.717, 1.165) is 19.3 Å². The zero-order valence-electron chi connectivity index (χ0n) is 12.4. The van der Waals surface area contributed by atoms with Crippen molar-refractivity contribution >= 4 is 5.97 Å². The average molecular weight is 258 g/mol. The van der Waals surface area contributed by atoms with Crippen molar-refractivity contribution in [3.8, 4) is 0 Å². The van der Waals surface area contributed by atoms with Gasteiger partial charge >= 0.3 is 5.97 Å². The first-order valence-electron chi connectivity index (χ1n) is 7.50. The second-order valence-electron chi connectivity index (χ2n) is 4.94. The molecule has 0 fully saturated rings. The van der Waals surface area contributed by atoms with Gasteiger partial charge in [-0.15, -0.1) is 0 Å². The van der Waals surface area contributed by atoms with Crippen LogP contribution in [0.25, 0.3) is 0 Å². The maximum absolute atomic E-state index is 11.5. The van der Waals surface area contributed by atoms with Crippen LogP contribution in [-0.2, 0) is 14.6 Å². The van der Waals surface area contributed by atoms with Gasteiger partial charge in [0.05, 0.1) is 13.0 Å². The summed E-state index contributed by atoms with van der Waals surface area (Å²) in [5.74, 6) is -0.215. The number of rotatable bonds is 12. The van der Waals surface area contributed by atoms with E-state index in [-0.39, 0.29) is 11.9 Å². The summed E-state index contributed by atoms with van der Waals surface area (Å²) in [6.45, 7) is 4.26. The fourth-order valence-electron chi connectivity index (χ4n) is 2.16. The lowest BCUT2D eigenvalue weighted by molar-refractivity contribution is -0.259. The highest BCUT2D eigenvalue weighted by Crippen LogP contribution is 2.17. The molecule has 0 N–H and O–H groups in total. The van der Waals surface area contributed by atoms with Crippen LogP contribution in [0.2, 0.25) is 0 Å². The van der Waals surface area contributed by atoms with Crippen LogP contribution in [-0.4, -0.2) is 13.1 Å². The molecule has 0 heterocycles. The number of unbranched alkanes of at least 4 members (excludes halogenated alkanes) is 7. The molecule has 0 rings (SSSR count). The van der Waals surface area contributed by atoms with Crippen LogP contribution in [0.15, 0.2) is 0 Å². The number of hydrogen-bond donors (Lipinski definition) is 0. The highest BCUT2D eigenvalue weighted by atomic mass is 17.2. The second kappa shape index (κ2) is 12.9. The number of carbonyl (C=O) groups excluding carboxylic acids is 1. The van der Waals surface area contributed by atoms with Crippen LogP contribution >= 0.6 is 0 Å². The SMILES string of the molecule is CCCCCCCCCCC(CC)C(=O)OOC. The van der Waals surface area contributed by atoms with Gasteiger partial charge in [0.2, 0.25) is 0 Å². The standard InChI is InChI=1S/C15H30O3/c1-4-6-7-8-9-10-11-12-13-14(5-2)15(16)18-17-3/h14H,4-13H2,1-3H3. The van der Waals surface area contributed by atoms with E-state index in [1.165, 1.54) is 52.1 Å². The van der Waals surface area contributed by atoms with Crippen LogP contribution < -0.4 is 0 Å². The van der Waals surface area contributed by atoms with E-state index < -0.39 is 0 Å². The van der Waals surface area contributed by atoms with Gasteiger partial charge in [-0.3, -0.25) is 4.89 Å². The Kier molecular flexibility index (Phi) is 12.5. The Bertz CT molecular complexity index is 192. The number of hydrogen-bond acceptors (Lipinski definition) is 3. The van der Waals surface area contributed by atoms with Gasteiger partial charge in [-0.1, -0.05) is 65.2 Å². The van der Waals surface area contributed by atoms with Gasteiger partial charge in [0.25, 0.3) is 0 Å². The van der Waals surface area contributed by atoms with Crippen molar-refractivity contribution < 1.29 is 14.6 Å². The molecule has 1 unspecified atom stereocenters. The third-order valence-corrected chi connectivity index (χ3v) is 3.40. The molecule has 0 aliphatic heterocycles. The summed E-state index contributed by atoms with van der Waals surface area (Å²) in [5, 5.41) is 0. The minimum Gasteiger partial charge on any atom is -0.298 e. The molecule has 0 aliphatic carbocycles. The summed E-state index contributed by atoms with van der Waals surface area (Å²) in [6.07, 6.45) is 12.1.